The van der Waals surface area contributed by atoms with Gasteiger partial charge in [0.25, 0.3) is 5.91 Å². The molecule has 7 nitrogen and oxygen atoms in total. The normalized spacial score (nSPS) is 17.9. The van der Waals surface area contributed by atoms with Gasteiger partial charge in [-0.15, -0.1) is 0 Å². The molecule has 1 spiro atoms. The molecular formula is C20H18N6O. The molecule has 27 heavy (non-hydrogen) atoms. The number of amides is 1. The molecule has 0 radical (unpaired) electrons. The quantitative estimate of drug-likeness (QED) is 0.759. The zero-order chi connectivity index (χ0) is 18.4. The van der Waals surface area contributed by atoms with Crippen molar-refractivity contribution in [1.82, 2.24) is 19.9 Å². The maximum absolute atomic E-state index is 13.2. The molecule has 1 aliphatic carbocycles. The molecule has 1 saturated heterocycles. The molecule has 2 aromatic heterocycles. The van der Waals surface area contributed by atoms with E-state index in [1.54, 1.807) is 24.5 Å². The van der Waals surface area contributed by atoms with Crippen molar-refractivity contribution in [2.75, 3.05) is 24.5 Å². The summed E-state index contributed by atoms with van der Waals surface area (Å²) in [5.74, 6) is 0.871. The standard InChI is InChI=1S/C20H18N6O/c21-11-14-3-1-2-4-15(14)19(27)26-10-9-25(12-20(26)6-7-20)18-16-5-8-22-17(16)23-13-24-18/h1-5,8,13H,6-7,9-10,12H2,(H,22,23,24). The fourth-order valence-electron chi connectivity index (χ4n) is 4.07. The topological polar surface area (TPSA) is 88.9 Å². The third-order valence-electron chi connectivity index (χ3n) is 5.63. The minimum absolute atomic E-state index is 0.0428. The van der Waals surface area contributed by atoms with E-state index in [4.69, 9.17) is 0 Å². The van der Waals surface area contributed by atoms with Gasteiger partial charge in [0, 0.05) is 25.8 Å². The number of fused-ring (bicyclic) bond motifs is 1. The van der Waals surface area contributed by atoms with Crippen molar-refractivity contribution in [3.8, 4) is 6.07 Å². The van der Waals surface area contributed by atoms with E-state index in [1.165, 1.54) is 0 Å². The minimum atomic E-state index is -0.161. The van der Waals surface area contributed by atoms with Gasteiger partial charge in [0.05, 0.1) is 28.1 Å². The summed E-state index contributed by atoms with van der Waals surface area (Å²) >= 11 is 0. The van der Waals surface area contributed by atoms with E-state index in [9.17, 15) is 10.1 Å². The molecule has 1 N–H and O–H groups in total. The first-order chi connectivity index (χ1) is 13.2. The Kier molecular flexibility index (Phi) is 3.41. The van der Waals surface area contributed by atoms with Crippen LogP contribution in [0.1, 0.15) is 28.8 Å². The SMILES string of the molecule is N#Cc1ccccc1C(=O)N1CCN(c2ncnc3[nH]ccc23)CC12CC2. The number of H-pyrrole nitrogens is 1. The fraction of sp³-hybridized carbons (Fsp3) is 0.300. The van der Waals surface area contributed by atoms with Crippen LogP contribution in [-0.4, -0.2) is 50.9 Å². The summed E-state index contributed by atoms with van der Waals surface area (Å²) in [5.41, 5.74) is 1.59. The van der Waals surface area contributed by atoms with Gasteiger partial charge in [-0.05, 0) is 31.0 Å². The number of aromatic amines is 1. The zero-order valence-corrected chi connectivity index (χ0v) is 14.7. The Morgan fingerprint density at radius 3 is 2.85 bits per heavy atom. The van der Waals surface area contributed by atoms with E-state index in [1.807, 2.05) is 23.2 Å². The van der Waals surface area contributed by atoms with Gasteiger partial charge in [0.1, 0.15) is 17.8 Å². The smallest absolute Gasteiger partial charge is 0.255 e. The number of hydrogen-bond acceptors (Lipinski definition) is 5. The second-order valence-electron chi connectivity index (χ2n) is 7.20. The number of nitriles is 1. The molecule has 1 aliphatic heterocycles. The molecule has 0 atom stereocenters. The summed E-state index contributed by atoms with van der Waals surface area (Å²) in [7, 11) is 0. The summed E-state index contributed by atoms with van der Waals surface area (Å²) in [4.78, 5) is 29.3. The van der Waals surface area contributed by atoms with Gasteiger partial charge >= 0.3 is 0 Å². The number of aromatic nitrogens is 3. The van der Waals surface area contributed by atoms with E-state index in [2.05, 4.69) is 25.9 Å². The Morgan fingerprint density at radius 2 is 2.04 bits per heavy atom. The van der Waals surface area contributed by atoms with Gasteiger partial charge < -0.3 is 14.8 Å². The highest BCUT2D eigenvalue weighted by Crippen LogP contribution is 2.46. The Balaban J connectivity index is 1.44. The summed E-state index contributed by atoms with van der Waals surface area (Å²) in [6.45, 7) is 2.08. The van der Waals surface area contributed by atoms with E-state index < -0.39 is 0 Å². The van der Waals surface area contributed by atoms with Crippen molar-refractivity contribution < 1.29 is 4.79 Å². The van der Waals surface area contributed by atoms with Crippen molar-refractivity contribution >= 4 is 22.8 Å². The fourth-order valence-corrected chi connectivity index (χ4v) is 4.07. The first kappa shape index (κ1) is 15.8. The third kappa shape index (κ3) is 2.45. The van der Waals surface area contributed by atoms with Crippen molar-refractivity contribution in [2.24, 2.45) is 0 Å². The van der Waals surface area contributed by atoms with Crippen LogP contribution >= 0.6 is 0 Å². The second kappa shape index (κ2) is 5.81. The lowest BCUT2D eigenvalue weighted by Crippen LogP contribution is -2.57. The molecule has 0 bridgehead atoms. The average molecular weight is 358 g/mol. The highest BCUT2D eigenvalue weighted by Gasteiger charge is 2.53. The van der Waals surface area contributed by atoms with Crippen LogP contribution in [0.3, 0.4) is 0 Å². The van der Waals surface area contributed by atoms with Crippen LogP contribution in [-0.2, 0) is 0 Å². The maximum Gasteiger partial charge on any atom is 0.255 e. The van der Waals surface area contributed by atoms with Gasteiger partial charge in [-0.2, -0.15) is 5.26 Å². The number of nitrogens with one attached hydrogen (secondary N) is 1. The van der Waals surface area contributed by atoms with Crippen LogP contribution in [0.5, 0.6) is 0 Å². The Morgan fingerprint density at radius 1 is 1.19 bits per heavy atom. The van der Waals surface area contributed by atoms with Crippen molar-refractivity contribution in [1.29, 1.82) is 5.26 Å². The van der Waals surface area contributed by atoms with Crippen molar-refractivity contribution in [2.45, 2.75) is 18.4 Å². The Labute approximate surface area is 156 Å². The van der Waals surface area contributed by atoms with Crippen LogP contribution in [0.4, 0.5) is 5.82 Å². The van der Waals surface area contributed by atoms with E-state index in [0.717, 1.165) is 36.2 Å². The molecule has 134 valence electrons. The molecule has 2 aliphatic rings. The Hall–Kier alpha value is -3.40. The van der Waals surface area contributed by atoms with E-state index in [0.29, 0.717) is 24.2 Å². The molecule has 1 saturated carbocycles. The van der Waals surface area contributed by atoms with E-state index in [-0.39, 0.29) is 11.4 Å². The van der Waals surface area contributed by atoms with Crippen LogP contribution in [0, 0.1) is 11.3 Å². The summed E-state index contributed by atoms with van der Waals surface area (Å²) in [6, 6.07) is 11.2. The summed E-state index contributed by atoms with van der Waals surface area (Å²) in [5, 5.41) is 10.3. The molecule has 1 amide bonds. The number of benzene rings is 1. The first-order valence-corrected chi connectivity index (χ1v) is 9.06. The van der Waals surface area contributed by atoms with Crippen molar-refractivity contribution in [3.63, 3.8) is 0 Å². The van der Waals surface area contributed by atoms with E-state index >= 15 is 0 Å². The van der Waals surface area contributed by atoms with Crippen LogP contribution in [0.2, 0.25) is 0 Å². The molecule has 7 heteroatoms. The largest absolute Gasteiger partial charge is 0.352 e. The number of anilines is 1. The number of rotatable bonds is 2. The van der Waals surface area contributed by atoms with Gasteiger partial charge in [0.15, 0.2) is 0 Å². The van der Waals surface area contributed by atoms with Crippen LogP contribution < -0.4 is 4.90 Å². The monoisotopic (exact) mass is 358 g/mol. The number of hydrogen-bond donors (Lipinski definition) is 1. The lowest BCUT2D eigenvalue weighted by molar-refractivity contribution is 0.0624. The molecule has 3 heterocycles. The Bertz CT molecular complexity index is 1080. The highest BCUT2D eigenvalue weighted by atomic mass is 16.2. The number of carbonyl (C=O) groups excluding carboxylic acids is 1. The minimum Gasteiger partial charge on any atom is -0.352 e. The first-order valence-electron chi connectivity index (χ1n) is 9.06. The van der Waals surface area contributed by atoms with Crippen LogP contribution in [0.15, 0.2) is 42.9 Å². The highest BCUT2D eigenvalue weighted by molar-refractivity contribution is 5.97. The maximum atomic E-state index is 13.2. The number of piperazine rings is 1. The lowest BCUT2D eigenvalue weighted by atomic mass is 10.0. The zero-order valence-electron chi connectivity index (χ0n) is 14.7. The summed E-state index contributed by atoms with van der Waals surface area (Å²) < 4.78 is 0. The van der Waals surface area contributed by atoms with Gasteiger partial charge in [-0.1, -0.05) is 12.1 Å². The molecule has 0 unspecified atom stereocenters. The summed E-state index contributed by atoms with van der Waals surface area (Å²) in [6.07, 6.45) is 5.40. The molecule has 5 rings (SSSR count). The molecule has 2 fully saturated rings. The molecule has 3 aromatic rings. The van der Waals surface area contributed by atoms with Gasteiger partial charge in [-0.3, -0.25) is 4.79 Å². The molecule has 1 aromatic carbocycles. The van der Waals surface area contributed by atoms with Gasteiger partial charge in [-0.25, -0.2) is 9.97 Å². The van der Waals surface area contributed by atoms with Gasteiger partial charge in [0.2, 0.25) is 0 Å². The molecular weight excluding hydrogens is 340 g/mol. The third-order valence-corrected chi connectivity index (χ3v) is 5.63. The predicted molar refractivity (Wildman–Crippen MR) is 100 cm³/mol. The average Bonchev–Trinajstić information content (AvgIpc) is 3.29. The van der Waals surface area contributed by atoms with Crippen molar-refractivity contribution in [3.05, 3.63) is 54.0 Å². The number of carbonyl (C=O) groups is 1. The predicted octanol–water partition coefficient (Wildman–Crippen LogP) is 2.32. The van der Waals surface area contributed by atoms with Crippen LogP contribution in [0.25, 0.3) is 11.0 Å². The number of nitrogens with zero attached hydrogens (tertiary/aromatic N) is 5. The second-order valence-corrected chi connectivity index (χ2v) is 7.20. The lowest BCUT2D eigenvalue weighted by Gasteiger charge is -2.43.